The number of nitrogens with zero attached hydrogens (tertiary/aromatic N) is 2. The zero-order valence-electron chi connectivity index (χ0n) is 8.03. The SMILES string of the molecule is CCN(CCO)C(=O)c1cn[nH]c1N. The summed E-state index contributed by atoms with van der Waals surface area (Å²) in [5, 5.41) is 14.9. The number of nitrogens with one attached hydrogen (secondary N) is 1. The Labute approximate surface area is 81.7 Å². The van der Waals surface area contributed by atoms with E-state index < -0.39 is 0 Å². The lowest BCUT2D eigenvalue weighted by Crippen LogP contribution is -2.33. The minimum atomic E-state index is -0.215. The lowest BCUT2D eigenvalue weighted by atomic mass is 10.3. The maximum absolute atomic E-state index is 11.7. The summed E-state index contributed by atoms with van der Waals surface area (Å²) in [7, 11) is 0. The molecule has 0 unspecified atom stereocenters. The molecule has 0 saturated carbocycles. The van der Waals surface area contributed by atoms with Gasteiger partial charge in [0.2, 0.25) is 0 Å². The topological polar surface area (TPSA) is 95.2 Å². The fraction of sp³-hybridized carbons (Fsp3) is 0.500. The van der Waals surface area contributed by atoms with Crippen molar-refractivity contribution in [2.24, 2.45) is 0 Å². The Morgan fingerprint density at radius 1 is 1.79 bits per heavy atom. The van der Waals surface area contributed by atoms with E-state index in [1.165, 1.54) is 11.1 Å². The van der Waals surface area contributed by atoms with Gasteiger partial charge in [-0.15, -0.1) is 0 Å². The molecule has 6 heteroatoms. The second-order valence-corrected chi connectivity index (χ2v) is 2.81. The summed E-state index contributed by atoms with van der Waals surface area (Å²) >= 11 is 0. The molecule has 0 aromatic carbocycles. The van der Waals surface area contributed by atoms with Gasteiger partial charge in [0.15, 0.2) is 0 Å². The maximum atomic E-state index is 11.7. The first kappa shape index (κ1) is 10.5. The number of hydrogen-bond acceptors (Lipinski definition) is 4. The molecule has 1 heterocycles. The molecule has 0 aliphatic carbocycles. The van der Waals surface area contributed by atoms with E-state index in [-0.39, 0.29) is 18.3 Å². The van der Waals surface area contributed by atoms with Crippen molar-refractivity contribution in [2.45, 2.75) is 6.92 Å². The monoisotopic (exact) mass is 198 g/mol. The van der Waals surface area contributed by atoms with Crippen molar-refractivity contribution in [3.05, 3.63) is 11.8 Å². The van der Waals surface area contributed by atoms with Gasteiger partial charge in [0.1, 0.15) is 11.4 Å². The van der Waals surface area contributed by atoms with Gasteiger partial charge in [-0.05, 0) is 6.92 Å². The predicted octanol–water partition coefficient (Wildman–Crippen LogP) is -0.554. The van der Waals surface area contributed by atoms with Gasteiger partial charge >= 0.3 is 0 Å². The maximum Gasteiger partial charge on any atom is 0.259 e. The van der Waals surface area contributed by atoms with Crippen molar-refractivity contribution in [2.75, 3.05) is 25.4 Å². The fourth-order valence-electron chi connectivity index (χ4n) is 1.16. The minimum absolute atomic E-state index is 0.0582. The first-order valence-corrected chi connectivity index (χ1v) is 4.39. The first-order chi connectivity index (χ1) is 6.70. The fourth-order valence-corrected chi connectivity index (χ4v) is 1.16. The van der Waals surface area contributed by atoms with Crippen LogP contribution in [0, 0.1) is 0 Å². The Balaban J connectivity index is 2.78. The molecule has 0 spiro atoms. The number of likely N-dealkylation sites (N-methyl/N-ethyl adjacent to an activating group) is 1. The summed E-state index contributed by atoms with van der Waals surface area (Å²) < 4.78 is 0. The zero-order valence-corrected chi connectivity index (χ0v) is 8.03. The highest BCUT2D eigenvalue weighted by molar-refractivity contribution is 5.98. The number of H-pyrrole nitrogens is 1. The number of carbonyl (C=O) groups excluding carboxylic acids is 1. The number of aromatic nitrogens is 2. The van der Waals surface area contributed by atoms with Gasteiger partial charge in [0.25, 0.3) is 5.91 Å². The molecule has 0 aliphatic heterocycles. The molecule has 14 heavy (non-hydrogen) atoms. The molecule has 0 aliphatic rings. The lowest BCUT2D eigenvalue weighted by Gasteiger charge is -2.18. The standard InChI is InChI=1S/C8H14N4O2/c1-2-12(3-4-13)8(14)6-5-10-11-7(6)9/h5,13H,2-4H2,1H3,(H3,9,10,11). The van der Waals surface area contributed by atoms with Crippen molar-refractivity contribution in [1.29, 1.82) is 0 Å². The van der Waals surface area contributed by atoms with Crippen molar-refractivity contribution in [3.8, 4) is 0 Å². The van der Waals surface area contributed by atoms with E-state index in [1.807, 2.05) is 6.92 Å². The highest BCUT2D eigenvalue weighted by Crippen LogP contribution is 2.09. The number of carbonyl (C=O) groups is 1. The highest BCUT2D eigenvalue weighted by Gasteiger charge is 2.17. The molecule has 6 nitrogen and oxygen atoms in total. The molecule has 0 saturated heterocycles. The molecule has 1 aromatic heterocycles. The van der Waals surface area contributed by atoms with Crippen molar-refractivity contribution < 1.29 is 9.90 Å². The summed E-state index contributed by atoms with van der Waals surface area (Å²) in [5.74, 6) is 0.0409. The van der Waals surface area contributed by atoms with Crippen molar-refractivity contribution in [3.63, 3.8) is 0 Å². The van der Waals surface area contributed by atoms with E-state index in [9.17, 15) is 4.79 Å². The second-order valence-electron chi connectivity index (χ2n) is 2.81. The Hall–Kier alpha value is -1.56. The lowest BCUT2D eigenvalue weighted by molar-refractivity contribution is 0.0733. The number of aromatic amines is 1. The summed E-state index contributed by atoms with van der Waals surface area (Å²) in [6.07, 6.45) is 1.39. The van der Waals surface area contributed by atoms with Crippen LogP contribution in [-0.2, 0) is 0 Å². The van der Waals surface area contributed by atoms with E-state index in [0.717, 1.165) is 0 Å². The van der Waals surface area contributed by atoms with Gasteiger partial charge in [-0.2, -0.15) is 5.10 Å². The van der Waals surface area contributed by atoms with Gasteiger partial charge < -0.3 is 15.7 Å². The van der Waals surface area contributed by atoms with Gasteiger partial charge in [0.05, 0.1) is 12.8 Å². The number of aliphatic hydroxyl groups excluding tert-OH is 1. The highest BCUT2D eigenvalue weighted by atomic mass is 16.3. The van der Waals surface area contributed by atoms with Crippen LogP contribution in [0.25, 0.3) is 0 Å². The van der Waals surface area contributed by atoms with Crippen LogP contribution in [0.5, 0.6) is 0 Å². The Morgan fingerprint density at radius 3 is 2.93 bits per heavy atom. The molecule has 1 amide bonds. The van der Waals surface area contributed by atoms with Crippen LogP contribution in [-0.4, -0.2) is 45.8 Å². The van der Waals surface area contributed by atoms with Crippen LogP contribution in [0.2, 0.25) is 0 Å². The minimum Gasteiger partial charge on any atom is -0.395 e. The van der Waals surface area contributed by atoms with E-state index in [4.69, 9.17) is 10.8 Å². The van der Waals surface area contributed by atoms with E-state index in [0.29, 0.717) is 18.7 Å². The molecule has 0 bridgehead atoms. The first-order valence-electron chi connectivity index (χ1n) is 4.39. The molecule has 1 aromatic rings. The number of anilines is 1. The number of rotatable bonds is 4. The quantitative estimate of drug-likeness (QED) is 0.604. The second kappa shape index (κ2) is 4.61. The van der Waals surface area contributed by atoms with Crippen LogP contribution < -0.4 is 5.73 Å². The van der Waals surface area contributed by atoms with Crippen LogP contribution >= 0.6 is 0 Å². The Kier molecular flexibility index (Phi) is 3.47. The van der Waals surface area contributed by atoms with Gasteiger partial charge in [0, 0.05) is 13.1 Å². The van der Waals surface area contributed by atoms with Gasteiger partial charge in [-0.1, -0.05) is 0 Å². The van der Waals surface area contributed by atoms with E-state index in [2.05, 4.69) is 10.2 Å². The molecule has 0 radical (unpaired) electrons. The summed E-state index contributed by atoms with van der Waals surface area (Å²) in [6, 6.07) is 0. The smallest absolute Gasteiger partial charge is 0.259 e. The van der Waals surface area contributed by atoms with Crippen molar-refractivity contribution >= 4 is 11.7 Å². The number of nitrogen functional groups attached to an aromatic ring is 1. The third-order valence-corrected chi connectivity index (χ3v) is 1.94. The van der Waals surface area contributed by atoms with Crippen molar-refractivity contribution in [1.82, 2.24) is 15.1 Å². The number of aliphatic hydroxyl groups is 1. The predicted molar refractivity (Wildman–Crippen MR) is 51.7 cm³/mol. The zero-order chi connectivity index (χ0) is 10.6. The van der Waals surface area contributed by atoms with Crippen LogP contribution in [0.1, 0.15) is 17.3 Å². The van der Waals surface area contributed by atoms with Gasteiger partial charge in [-0.25, -0.2) is 0 Å². The molecule has 78 valence electrons. The van der Waals surface area contributed by atoms with E-state index in [1.54, 1.807) is 0 Å². The molecule has 4 N–H and O–H groups in total. The number of hydrogen-bond donors (Lipinski definition) is 3. The summed E-state index contributed by atoms with van der Waals surface area (Å²) in [6.45, 7) is 2.62. The molecular formula is C8H14N4O2. The van der Waals surface area contributed by atoms with Crippen LogP contribution in [0.15, 0.2) is 6.20 Å². The molecule has 0 fully saturated rings. The normalized spacial score (nSPS) is 10.1. The number of amides is 1. The largest absolute Gasteiger partial charge is 0.395 e. The average Bonchev–Trinajstić information content (AvgIpc) is 2.59. The third kappa shape index (κ3) is 2.02. The average molecular weight is 198 g/mol. The molecule has 0 atom stereocenters. The molecular weight excluding hydrogens is 184 g/mol. The van der Waals surface area contributed by atoms with E-state index >= 15 is 0 Å². The summed E-state index contributed by atoms with van der Waals surface area (Å²) in [5.41, 5.74) is 5.85. The van der Waals surface area contributed by atoms with Gasteiger partial charge in [-0.3, -0.25) is 9.89 Å². The number of nitrogens with two attached hydrogens (primary N) is 1. The summed E-state index contributed by atoms with van der Waals surface area (Å²) in [4.78, 5) is 13.2. The Bertz CT molecular complexity index is 310. The third-order valence-electron chi connectivity index (χ3n) is 1.94. The van der Waals surface area contributed by atoms with Crippen LogP contribution in [0.4, 0.5) is 5.82 Å². The molecule has 1 rings (SSSR count). The van der Waals surface area contributed by atoms with Crippen LogP contribution in [0.3, 0.4) is 0 Å². The Morgan fingerprint density at radius 2 is 2.50 bits per heavy atom.